The zero-order chi connectivity index (χ0) is 14.0. The Morgan fingerprint density at radius 1 is 1.42 bits per heavy atom. The Bertz CT molecular complexity index is 622. The number of hydrogen-bond acceptors (Lipinski definition) is 3. The molecular formula is C13H14ClN3O2. The topological polar surface area (TPSA) is 68.0 Å². The molecule has 2 aromatic rings. The van der Waals surface area contributed by atoms with Crippen molar-refractivity contribution in [2.45, 2.75) is 26.7 Å². The minimum Gasteiger partial charge on any atom is -0.481 e. The molecule has 2 rings (SSSR count). The molecule has 0 fully saturated rings. The fourth-order valence-corrected chi connectivity index (χ4v) is 2.12. The van der Waals surface area contributed by atoms with Gasteiger partial charge in [0, 0.05) is 11.4 Å². The number of hydrogen-bond donors (Lipinski definition) is 1. The second-order valence-corrected chi connectivity index (χ2v) is 4.75. The fraction of sp³-hybridized carbons (Fsp3) is 0.308. The Labute approximate surface area is 115 Å². The number of halogens is 1. The number of carboxylic acids is 1. The smallest absolute Gasteiger partial charge is 0.303 e. The Kier molecular flexibility index (Phi) is 3.85. The van der Waals surface area contributed by atoms with Gasteiger partial charge in [0.05, 0.1) is 12.1 Å². The first-order valence-electron chi connectivity index (χ1n) is 5.88. The van der Waals surface area contributed by atoms with Gasteiger partial charge in [0.1, 0.15) is 11.6 Å². The van der Waals surface area contributed by atoms with Crippen LogP contribution in [-0.2, 0) is 11.2 Å². The van der Waals surface area contributed by atoms with Gasteiger partial charge in [-0.2, -0.15) is 5.10 Å². The molecule has 1 N–H and O–H groups in total. The molecule has 1 aromatic heterocycles. The molecule has 19 heavy (non-hydrogen) atoms. The second-order valence-electron chi connectivity index (χ2n) is 4.31. The minimum atomic E-state index is -0.847. The van der Waals surface area contributed by atoms with Crippen LogP contribution < -0.4 is 0 Å². The number of aryl methyl sites for hydroxylation is 3. The maximum Gasteiger partial charge on any atom is 0.303 e. The molecule has 0 saturated carbocycles. The predicted molar refractivity (Wildman–Crippen MR) is 71.8 cm³/mol. The van der Waals surface area contributed by atoms with E-state index in [0.29, 0.717) is 23.1 Å². The Balaban J connectivity index is 2.40. The van der Waals surface area contributed by atoms with Gasteiger partial charge in [-0.1, -0.05) is 11.6 Å². The number of carboxylic acid groups (broad SMARTS) is 1. The molecule has 1 heterocycles. The number of benzene rings is 1. The van der Waals surface area contributed by atoms with E-state index in [1.807, 2.05) is 19.1 Å². The molecule has 0 aliphatic rings. The lowest BCUT2D eigenvalue weighted by molar-refractivity contribution is -0.137. The molecule has 0 amide bonds. The number of nitrogens with zero attached hydrogens (tertiary/aromatic N) is 3. The zero-order valence-corrected chi connectivity index (χ0v) is 11.5. The van der Waals surface area contributed by atoms with Crippen LogP contribution in [0.2, 0.25) is 5.02 Å². The van der Waals surface area contributed by atoms with E-state index >= 15 is 0 Å². The average Bonchev–Trinajstić information content (AvgIpc) is 2.67. The molecule has 0 aliphatic carbocycles. The van der Waals surface area contributed by atoms with Gasteiger partial charge in [-0.05, 0) is 37.6 Å². The van der Waals surface area contributed by atoms with Gasteiger partial charge in [-0.25, -0.2) is 9.67 Å². The third-order valence-electron chi connectivity index (χ3n) is 2.73. The maximum absolute atomic E-state index is 10.7. The first-order valence-corrected chi connectivity index (χ1v) is 6.26. The monoisotopic (exact) mass is 279 g/mol. The Hall–Kier alpha value is -1.88. The van der Waals surface area contributed by atoms with Crippen LogP contribution in [0.4, 0.5) is 0 Å². The van der Waals surface area contributed by atoms with Crippen molar-refractivity contribution in [3.05, 3.63) is 40.4 Å². The van der Waals surface area contributed by atoms with Gasteiger partial charge in [-0.15, -0.1) is 0 Å². The summed E-state index contributed by atoms with van der Waals surface area (Å²) < 4.78 is 1.68. The summed E-state index contributed by atoms with van der Waals surface area (Å²) in [5.74, 6) is 0.417. The van der Waals surface area contributed by atoms with Crippen molar-refractivity contribution >= 4 is 17.6 Å². The van der Waals surface area contributed by atoms with E-state index in [1.54, 1.807) is 17.7 Å². The van der Waals surface area contributed by atoms with Crippen molar-refractivity contribution < 1.29 is 9.90 Å². The van der Waals surface area contributed by atoms with Gasteiger partial charge in [0.15, 0.2) is 0 Å². The first-order chi connectivity index (χ1) is 8.97. The highest BCUT2D eigenvalue weighted by Crippen LogP contribution is 2.20. The van der Waals surface area contributed by atoms with Gasteiger partial charge < -0.3 is 5.11 Å². The molecule has 0 atom stereocenters. The Morgan fingerprint density at radius 2 is 2.16 bits per heavy atom. The van der Waals surface area contributed by atoms with Crippen LogP contribution in [0.15, 0.2) is 18.2 Å². The van der Waals surface area contributed by atoms with Gasteiger partial charge in [0.2, 0.25) is 0 Å². The summed E-state index contributed by atoms with van der Waals surface area (Å²) in [6.45, 7) is 3.71. The number of rotatable bonds is 4. The van der Waals surface area contributed by atoms with Gasteiger partial charge in [-0.3, -0.25) is 4.79 Å². The standard InChI is InChI=1S/C13H14ClN3O2/c1-8-7-10(14)3-4-11(8)17-12(5-6-13(18)19)15-9(2)16-17/h3-4,7H,5-6H2,1-2H3,(H,18,19). The van der Waals surface area contributed by atoms with Crippen LogP contribution in [0.25, 0.3) is 5.69 Å². The summed E-state index contributed by atoms with van der Waals surface area (Å²) in [6, 6.07) is 5.48. The lowest BCUT2D eigenvalue weighted by atomic mass is 10.2. The highest BCUT2D eigenvalue weighted by molar-refractivity contribution is 6.30. The summed E-state index contributed by atoms with van der Waals surface area (Å²) in [6.07, 6.45) is 0.378. The molecule has 0 saturated heterocycles. The quantitative estimate of drug-likeness (QED) is 0.934. The number of aliphatic carboxylic acids is 1. The fourth-order valence-electron chi connectivity index (χ4n) is 1.89. The van der Waals surface area contributed by atoms with Crippen LogP contribution in [0.5, 0.6) is 0 Å². The lowest BCUT2D eigenvalue weighted by Crippen LogP contribution is -2.07. The molecule has 0 bridgehead atoms. The first kappa shape index (κ1) is 13.5. The van der Waals surface area contributed by atoms with Gasteiger partial charge >= 0.3 is 5.97 Å². The lowest BCUT2D eigenvalue weighted by Gasteiger charge is -2.08. The highest BCUT2D eigenvalue weighted by Gasteiger charge is 2.12. The van der Waals surface area contributed by atoms with Crippen LogP contribution in [0.3, 0.4) is 0 Å². The van der Waals surface area contributed by atoms with E-state index in [2.05, 4.69) is 10.1 Å². The Morgan fingerprint density at radius 3 is 2.79 bits per heavy atom. The molecular weight excluding hydrogens is 266 g/mol. The average molecular weight is 280 g/mol. The third kappa shape index (κ3) is 3.12. The molecule has 0 unspecified atom stereocenters. The summed E-state index contributed by atoms with van der Waals surface area (Å²) >= 11 is 5.93. The van der Waals surface area contributed by atoms with Crippen molar-refractivity contribution in [2.24, 2.45) is 0 Å². The van der Waals surface area contributed by atoms with Crippen LogP contribution >= 0.6 is 11.6 Å². The van der Waals surface area contributed by atoms with Crippen LogP contribution in [-0.4, -0.2) is 25.8 Å². The van der Waals surface area contributed by atoms with E-state index in [1.165, 1.54) is 0 Å². The second kappa shape index (κ2) is 5.40. The summed E-state index contributed by atoms with van der Waals surface area (Å²) in [4.78, 5) is 14.9. The van der Waals surface area contributed by atoms with E-state index in [-0.39, 0.29) is 6.42 Å². The van der Waals surface area contributed by atoms with E-state index in [4.69, 9.17) is 16.7 Å². The number of aromatic nitrogens is 3. The summed E-state index contributed by atoms with van der Waals surface area (Å²) in [7, 11) is 0. The summed E-state index contributed by atoms with van der Waals surface area (Å²) in [5.41, 5.74) is 1.83. The third-order valence-corrected chi connectivity index (χ3v) is 2.96. The summed E-state index contributed by atoms with van der Waals surface area (Å²) in [5, 5.41) is 13.7. The van der Waals surface area contributed by atoms with E-state index in [0.717, 1.165) is 11.3 Å². The predicted octanol–water partition coefficient (Wildman–Crippen LogP) is 2.55. The van der Waals surface area contributed by atoms with Crippen LogP contribution in [0, 0.1) is 13.8 Å². The molecule has 0 spiro atoms. The molecule has 1 aromatic carbocycles. The molecule has 5 nitrogen and oxygen atoms in total. The van der Waals surface area contributed by atoms with E-state index in [9.17, 15) is 4.79 Å². The normalized spacial score (nSPS) is 10.7. The van der Waals surface area contributed by atoms with Crippen molar-refractivity contribution in [1.29, 1.82) is 0 Å². The van der Waals surface area contributed by atoms with E-state index < -0.39 is 5.97 Å². The molecule has 0 radical (unpaired) electrons. The zero-order valence-electron chi connectivity index (χ0n) is 10.7. The maximum atomic E-state index is 10.7. The molecule has 0 aliphatic heterocycles. The molecule has 6 heteroatoms. The van der Waals surface area contributed by atoms with Crippen molar-refractivity contribution in [3.63, 3.8) is 0 Å². The van der Waals surface area contributed by atoms with Crippen molar-refractivity contribution in [2.75, 3.05) is 0 Å². The largest absolute Gasteiger partial charge is 0.481 e. The SMILES string of the molecule is Cc1nc(CCC(=O)O)n(-c2ccc(Cl)cc2C)n1. The van der Waals surface area contributed by atoms with Gasteiger partial charge in [0.25, 0.3) is 0 Å². The van der Waals surface area contributed by atoms with Crippen LogP contribution in [0.1, 0.15) is 23.6 Å². The van der Waals surface area contributed by atoms with Crippen molar-refractivity contribution in [1.82, 2.24) is 14.8 Å². The minimum absolute atomic E-state index is 0.0325. The molecule has 100 valence electrons. The van der Waals surface area contributed by atoms with Crippen molar-refractivity contribution in [3.8, 4) is 5.69 Å². The highest BCUT2D eigenvalue weighted by atomic mass is 35.5. The number of carbonyl (C=O) groups is 1.